The van der Waals surface area contributed by atoms with E-state index >= 15 is 0 Å². The molecule has 4 saturated carbocycles. The van der Waals surface area contributed by atoms with Crippen LogP contribution in [0.4, 0.5) is 0 Å². The predicted molar refractivity (Wildman–Crippen MR) is 65.5 cm³/mol. The third-order valence-corrected chi connectivity index (χ3v) is 5.53. The second-order valence-corrected chi connectivity index (χ2v) is 6.51. The normalized spacial score (nSPS) is 41.0. The smallest absolute Gasteiger partial charge is 0.234 e. The molecule has 1 heterocycles. The molecule has 5 rings (SSSR count). The van der Waals surface area contributed by atoms with Crippen molar-refractivity contribution >= 4 is 0 Å². The van der Waals surface area contributed by atoms with E-state index in [4.69, 9.17) is 5.26 Å². The number of aromatic nitrogens is 3. The Kier molecular flexibility index (Phi) is 2.09. The van der Waals surface area contributed by atoms with E-state index in [0.29, 0.717) is 11.7 Å². The molecule has 4 nitrogen and oxygen atoms in total. The van der Waals surface area contributed by atoms with Crippen molar-refractivity contribution in [2.24, 2.45) is 30.7 Å². The highest BCUT2D eigenvalue weighted by atomic mass is 15.3. The summed E-state index contributed by atoms with van der Waals surface area (Å²) < 4.78 is 1.92. The lowest BCUT2D eigenvalue weighted by Crippen LogP contribution is -2.44. The van der Waals surface area contributed by atoms with Crippen molar-refractivity contribution in [3.05, 3.63) is 11.6 Å². The zero-order valence-corrected chi connectivity index (χ0v) is 10.7. The lowest BCUT2D eigenvalue weighted by atomic mass is 9.51. The zero-order valence-electron chi connectivity index (χ0n) is 10.7. The molecule has 1 aromatic heterocycles. The molecule has 0 aromatic carbocycles. The van der Waals surface area contributed by atoms with Gasteiger partial charge in [0.25, 0.3) is 0 Å². The van der Waals surface area contributed by atoms with E-state index in [0.717, 1.165) is 29.5 Å². The quantitative estimate of drug-likeness (QED) is 0.758. The van der Waals surface area contributed by atoms with Crippen LogP contribution >= 0.6 is 0 Å². The number of hydrogen-bond donors (Lipinski definition) is 0. The highest BCUT2D eigenvalue weighted by molar-refractivity contribution is 5.17. The molecular weight excluding hydrogens is 224 g/mol. The monoisotopic (exact) mass is 242 g/mol. The Hall–Kier alpha value is -1.37. The van der Waals surface area contributed by atoms with Crippen LogP contribution in [0.5, 0.6) is 0 Å². The van der Waals surface area contributed by atoms with Gasteiger partial charge in [-0.25, -0.2) is 0 Å². The Morgan fingerprint density at radius 3 is 2.17 bits per heavy atom. The van der Waals surface area contributed by atoms with Gasteiger partial charge in [0, 0.05) is 13.0 Å². The van der Waals surface area contributed by atoms with Gasteiger partial charge in [0.2, 0.25) is 5.82 Å². The minimum absolute atomic E-state index is 0.457. The van der Waals surface area contributed by atoms with Gasteiger partial charge in [-0.15, -0.1) is 10.2 Å². The van der Waals surface area contributed by atoms with Crippen LogP contribution < -0.4 is 0 Å². The number of rotatable bonds is 1. The van der Waals surface area contributed by atoms with Crippen LogP contribution in [0.3, 0.4) is 0 Å². The first-order valence-electron chi connectivity index (χ1n) is 7.05. The Bertz CT molecular complexity index is 496. The molecule has 0 atom stereocenters. The van der Waals surface area contributed by atoms with Crippen molar-refractivity contribution in [3.63, 3.8) is 0 Å². The molecule has 0 radical (unpaired) electrons. The van der Waals surface area contributed by atoms with E-state index in [9.17, 15) is 0 Å². The average molecular weight is 242 g/mol. The lowest BCUT2D eigenvalue weighted by Gasteiger charge is -2.53. The molecule has 94 valence electrons. The van der Waals surface area contributed by atoms with Crippen molar-refractivity contribution in [1.82, 2.24) is 14.8 Å². The first-order valence-corrected chi connectivity index (χ1v) is 7.05. The molecule has 4 aliphatic rings. The van der Waals surface area contributed by atoms with Crippen LogP contribution in [0.15, 0.2) is 0 Å². The summed E-state index contributed by atoms with van der Waals surface area (Å²) in [5, 5.41) is 17.4. The SMILES string of the molecule is Cn1c(C#N)nnc1C1C2CC3CC(C2)CC1C3. The zero-order chi connectivity index (χ0) is 12.3. The molecule has 18 heavy (non-hydrogen) atoms. The van der Waals surface area contributed by atoms with Gasteiger partial charge in [-0.3, -0.25) is 0 Å². The fourth-order valence-corrected chi connectivity index (χ4v) is 5.08. The Balaban J connectivity index is 1.73. The highest BCUT2D eigenvalue weighted by Crippen LogP contribution is 2.59. The van der Waals surface area contributed by atoms with Gasteiger partial charge >= 0.3 is 0 Å². The Morgan fingerprint density at radius 1 is 1.06 bits per heavy atom. The van der Waals surface area contributed by atoms with Crippen molar-refractivity contribution < 1.29 is 0 Å². The second-order valence-electron chi connectivity index (χ2n) is 6.51. The van der Waals surface area contributed by atoms with E-state index in [1.165, 1.54) is 32.1 Å². The second kappa shape index (κ2) is 3.57. The first-order chi connectivity index (χ1) is 8.76. The summed E-state index contributed by atoms with van der Waals surface area (Å²) in [4.78, 5) is 0. The molecule has 0 N–H and O–H groups in total. The van der Waals surface area contributed by atoms with Crippen LogP contribution in [0.25, 0.3) is 0 Å². The van der Waals surface area contributed by atoms with Crippen LogP contribution in [-0.2, 0) is 7.05 Å². The van der Waals surface area contributed by atoms with Crippen molar-refractivity contribution in [3.8, 4) is 6.07 Å². The molecule has 4 aliphatic carbocycles. The number of nitriles is 1. The van der Waals surface area contributed by atoms with Crippen molar-refractivity contribution in [2.45, 2.75) is 38.0 Å². The molecule has 4 heteroatoms. The molecule has 4 fully saturated rings. The topological polar surface area (TPSA) is 54.5 Å². The average Bonchev–Trinajstić information content (AvgIpc) is 2.70. The maximum Gasteiger partial charge on any atom is 0.234 e. The van der Waals surface area contributed by atoms with E-state index < -0.39 is 0 Å². The molecule has 0 spiro atoms. The van der Waals surface area contributed by atoms with E-state index in [2.05, 4.69) is 16.3 Å². The number of hydrogen-bond acceptors (Lipinski definition) is 3. The van der Waals surface area contributed by atoms with Gasteiger partial charge in [-0.05, 0) is 55.8 Å². The Labute approximate surface area is 107 Å². The fourth-order valence-electron chi connectivity index (χ4n) is 5.08. The summed E-state index contributed by atoms with van der Waals surface area (Å²) in [7, 11) is 1.94. The van der Waals surface area contributed by atoms with Gasteiger partial charge in [0.05, 0.1) is 0 Å². The van der Waals surface area contributed by atoms with Crippen LogP contribution in [0.2, 0.25) is 0 Å². The molecular formula is C14H18N4. The number of nitrogens with zero attached hydrogens (tertiary/aromatic N) is 4. The van der Waals surface area contributed by atoms with Gasteiger partial charge < -0.3 is 4.57 Å². The van der Waals surface area contributed by atoms with Crippen molar-refractivity contribution in [1.29, 1.82) is 5.26 Å². The van der Waals surface area contributed by atoms with Crippen LogP contribution in [-0.4, -0.2) is 14.8 Å². The molecule has 0 amide bonds. The minimum atomic E-state index is 0.457. The van der Waals surface area contributed by atoms with E-state index in [1.54, 1.807) is 0 Å². The molecule has 1 aromatic rings. The van der Waals surface area contributed by atoms with Crippen LogP contribution in [0, 0.1) is 35.0 Å². The summed E-state index contributed by atoms with van der Waals surface area (Å²) in [6, 6.07) is 2.13. The predicted octanol–water partition coefficient (Wildman–Crippen LogP) is 2.23. The van der Waals surface area contributed by atoms with Gasteiger partial charge in [0.1, 0.15) is 11.9 Å². The maximum absolute atomic E-state index is 9.01. The van der Waals surface area contributed by atoms with Gasteiger partial charge in [-0.1, -0.05) is 0 Å². The third kappa shape index (κ3) is 1.31. The molecule has 0 saturated heterocycles. The van der Waals surface area contributed by atoms with E-state index in [1.807, 2.05) is 11.6 Å². The summed E-state index contributed by atoms with van der Waals surface area (Å²) in [6.45, 7) is 0. The fraction of sp³-hybridized carbons (Fsp3) is 0.786. The largest absolute Gasteiger partial charge is 0.306 e. The summed E-state index contributed by atoms with van der Waals surface area (Å²) in [5.41, 5.74) is 0. The summed E-state index contributed by atoms with van der Waals surface area (Å²) >= 11 is 0. The minimum Gasteiger partial charge on any atom is -0.306 e. The standard InChI is InChI=1S/C14H18N4/c1-18-12(7-15)16-17-14(18)13-10-3-8-2-9(5-10)6-11(13)4-8/h8-11,13H,2-6H2,1H3. The van der Waals surface area contributed by atoms with E-state index in [-0.39, 0.29) is 0 Å². The molecule has 4 bridgehead atoms. The lowest BCUT2D eigenvalue weighted by molar-refractivity contribution is -0.00662. The van der Waals surface area contributed by atoms with Crippen molar-refractivity contribution in [2.75, 3.05) is 0 Å². The first kappa shape index (κ1) is 10.5. The molecule has 0 aliphatic heterocycles. The maximum atomic E-state index is 9.01. The molecule has 0 unspecified atom stereocenters. The van der Waals surface area contributed by atoms with Gasteiger partial charge in [-0.2, -0.15) is 5.26 Å². The summed E-state index contributed by atoms with van der Waals surface area (Å²) in [5.74, 6) is 5.66. The third-order valence-electron chi connectivity index (χ3n) is 5.53. The highest BCUT2D eigenvalue weighted by Gasteiger charge is 2.50. The van der Waals surface area contributed by atoms with Gasteiger partial charge in [0.15, 0.2) is 0 Å². The summed E-state index contributed by atoms with van der Waals surface area (Å²) in [6.07, 6.45) is 7.00. The van der Waals surface area contributed by atoms with Crippen LogP contribution in [0.1, 0.15) is 49.7 Å². The Morgan fingerprint density at radius 2 is 1.67 bits per heavy atom.